The van der Waals surface area contributed by atoms with Crippen LogP contribution in [0.5, 0.6) is 5.75 Å². The first-order chi connectivity index (χ1) is 17.2. The number of hydrogen-bond donors (Lipinski definition) is 3. The van der Waals surface area contributed by atoms with E-state index in [0.29, 0.717) is 17.0 Å². The van der Waals surface area contributed by atoms with Crippen LogP contribution >= 0.6 is 0 Å². The number of H-pyrrole nitrogens is 1. The van der Waals surface area contributed by atoms with E-state index in [1.165, 1.54) is 28.3 Å². The average molecular weight is 493 g/mol. The summed E-state index contributed by atoms with van der Waals surface area (Å²) < 4.78 is 8.20. The maximum Gasteiger partial charge on any atom is 0.329 e. The Hall–Kier alpha value is -4.78. The van der Waals surface area contributed by atoms with Crippen LogP contribution in [0.2, 0.25) is 0 Å². The lowest BCUT2D eigenvalue weighted by atomic mass is 10.1. The number of aromatic amines is 1. The molecule has 0 amide bonds. The largest absolute Gasteiger partial charge is 0.491 e. The second kappa shape index (κ2) is 10.2. The summed E-state index contributed by atoms with van der Waals surface area (Å²) in [6, 6.07) is 14.8. The molecule has 13 nitrogen and oxygen atoms in total. The van der Waals surface area contributed by atoms with E-state index in [0.717, 1.165) is 0 Å². The average Bonchev–Trinajstić information content (AvgIpc) is 3.24. The van der Waals surface area contributed by atoms with Gasteiger partial charge >= 0.3 is 5.69 Å². The number of anilines is 1. The van der Waals surface area contributed by atoms with Crippen LogP contribution in [-0.4, -0.2) is 47.6 Å². The third-order valence-corrected chi connectivity index (χ3v) is 5.41. The van der Waals surface area contributed by atoms with Crippen molar-refractivity contribution >= 4 is 28.5 Å². The van der Waals surface area contributed by atoms with Gasteiger partial charge in [0, 0.05) is 19.2 Å². The van der Waals surface area contributed by atoms with Crippen molar-refractivity contribution in [3.8, 4) is 5.75 Å². The highest BCUT2D eigenvalue weighted by atomic mass is 16.6. The number of hydrogen-bond acceptors (Lipinski definition) is 9. The van der Waals surface area contributed by atoms with Crippen molar-refractivity contribution in [2.75, 3.05) is 12.0 Å². The Morgan fingerprint density at radius 3 is 2.58 bits per heavy atom. The molecule has 13 heteroatoms. The van der Waals surface area contributed by atoms with E-state index in [1.807, 2.05) is 6.07 Å². The first-order valence-corrected chi connectivity index (χ1v) is 10.8. The number of aliphatic hydroxyl groups is 1. The SMILES string of the molecule is CC(=NNc1nc2c(c(=O)[nH]c(=O)n2C)n1CC(O)COc1ccccc1)c1ccc([N+](=O)[O-])cc1. The summed E-state index contributed by atoms with van der Waals surface area (Å²) in [5, 5.41) is 25.8. The number of para-hydroxylation sites is 1. The van der Waals surface area contributed by atoms with Crippen LogP contribution in [0, 0.1) is 10.1 Å². The molecule has 36 heavy (non-hydrogen) atoms. The Balaban J connectivity index is 1.64. The number of non-ortho nitro benzene ring substituents is 1. The zero-order chi connectivity index (χ0) is 25.8. The summed E-state index contributed by atoms with van der Waals surface area (Å²) in [6.07, 6.45) is -1.03. The number of hydrazone groups is 1. The Bertz CT molecular complexity index is 1540. The van der Waals surface area contributed by atoms with Crippen LogP contribution in [-0.2, 0) is 13.6 Å². The molecule has 2 aromatic carbocycles. The number of imidazole rings is 1. The topological polar surface area (TPSA) is 170 Å². The highest BCUT2D eigenvalue weighted by Crippen LogP contribution is 2.18. The number of nitrogens with one attached hydrogen (secondary N) is 2. The van der Waals surface area contributed by atoms with Crippen LogP contribution in [0.15, 0.2) is 69.3 Å². The first-order valence-electron chi connectivity index (χ1n) is 10.8. The minimum absolute atomic E-state index is 0.0480. The standard InChI is InChI=1S/C23H23N7O6/c1-14(15-8-10-16(11-9-15)30(34)35)26-27-22-24-20-19(21(32)25-23(33)28(20)2)29(22)12-17(31)13-36-18-6-4-3-5-7-18/h3-11,17,31H,12-13H2,1-2H3,(H,24,27)(H,25,32,33). The molecule has 1 atom stereocenters. The number of ether oxygens (including phenoxy) is 1. The predicted molar refractivity (Wildman–Crippen MR) is 132 cm³/mol. The lowest BCUT2D eigenvalue weighted by Crippen LogP contribution is -2.30. The number of benzene rings is 2. The van der Waals surface area contributed by atoms with E-state index in [9.17, 15) is 24.8 Å². The summed E-state index contributed by atoms with van der Waals surface area (Å²) in [7, 11) is 1.46. The fourth-order valence-electron chi connectivity index (χ4n) is 3.49. The Morgan fingerprint density at radius 2 is 1.92 bits per heavy atom. The molecule has 0 aliphatic carbocycles. The molecule has 4 rings (SSSR count). The van der Waals surface area contributed by atoms with Crippen LogP contribution in [0.4, 0.5) is 11.6 Å². The van der Waals surface area contributed by atoms with Gasteiger partial charge in [-0.2, -0.15) is 10.1 Å². The van der Waals surface area contributed by atoms with Crippen LogP contribution in [0.1, 0.15) is 12.5 Å². The molecule has 186 valence electrons. The van der Waals surface area contributed by atoms with Crippen molar-refractivity contribution in [2.45, 2.75) is 19.6 Å². The minimum atomic E-state index is -1.03. The zero-order valence-electron chi connectivity index (χ0n) is 19.4. The number of aryl methyl sites for hydroxylation is 1. The van der Waals surface area contributed by atoms with Gasteiger partial charge < -0.3 is 14.4 Å². The fraction of sp³-hybridized carbons (Fsp3) is 0.217. The lowest BCUT2D eigenvalue weighted by molar-refractivity contribution is -0.384. The van der Waals surface area contributed by atoms with E-state index in [4.69, 9.17) is 4.74 Å². The van der Waals surface area contributed by atoms with Crippen LogP contribution in [0.3, 0.4) is 0 Å². The van der Waals surface area contributed by atoms with Crippen molar-refractivity contribution in [3.63, 3.8) is 0 Å². The molecule has 0 fully saturated rings. The third kappa shape index (κ3) is 5.15. The summed E-state index contributed by atoms with van der Waals surface area (Å²) in [4.78, 5) is 41.7. The number of rotatable bonds is 9. The smallest absolute Gasteiger partial charge is 0.329 e. The predicted octanol–water partition coefficient (Wildman–Crippen LogP) is 1.61. The maximum absolute atomic E-state index is 12.6. The van der Waals surface area contributed by atoms with Crippen LogP contribution in [0.25, 0.3) is 11.2 Å². The summed E-state index contributed by atoms with van der Waals surface area (Å²) in [5.41, 5.74) is 2.71. The van der Waals surface area contributed by atoms with E-state index >= 15 is 0 Å². The molecule has 0 radical (unpaired) electrons. The summed E-state index contributed by atoms with van der Waals surface area (Å²) in [6.45, 7) is 1.54. The maximum atomic E-state index is 12.6. The van der Waals surface area contributed by atoms with Gasteiger partial charge in [-0.15, -0.1) is 0 Å². The van der Waals surface area contributed by atoms with Gasteiger partial charge in [-0.3, -0.25) is 24.5 Å². The zero-order valence-corrected chi connectivity index (χ0v) is 19.4. The van der Waals surface area contributed by atoms with Crippen molar-refractivity contribution in [2.24, 2.45) is 12.1 Å². The third-order valence-electron chi connectivity index (χ3n) is 5.41. The molecule has 0 saturated carbocycles. The van der Waals surface area contributed by atoms with Crippen molar-refractivity contribution in [1.82, 2.24) is 19.1 Å². The van der Waals surface area contributed by atoms with E-state index in [-0.39, 0.29) is 36.0 Å². The van der Waals surface area contributed by atoms with Crippen molar-refractivity contribution in [3.05, 3.63) is 91.1 Å². The summed E-state index contributed by atoms with van der Waals surface area (Å²) in [5.74, 6) is 0.686. The molecule has 0 bridgehead atoms. The second-order valence-corrected chi connectivity index (χ2v) is 7.93. The van der Waals surface area contributed by atoms with Gasteiger partial charge in [-0.1, -0.05) is 18.2 Å². The number of aromatic nitrogens is 4. The molecule has 4 aromatic rings. The Labute approximate surface area is 203 Å². The molecule has 3 N–H and O–H groups in total. The first kappa shape index (κ1) is 24.3. The van der Waals surface area contributed by atoms with Gasteiger partial charge in [-0.25, -0.2) is 10.2 Å². The van der Waals surface area contributed by atoms with E-state index in [2.05, 4.69) is 20.5 Å². The quantitative estimate of drug-likeness (QED) is 0.179. The second-order valence-electron chi connectivity index (χ2n) is 7.93. The van der Waals surface area contributed by atoms with Crippen molar-refractivity contribution < 1.29 is 14.8 Å². The fourth-order valence-corrected chi connectivity index (χ4v) is 3.49. The molecular weight excluding hydrogens is 470 g/mol. The lowest BCUT2D eigenvalue weighted by Gasteiger charge is -2.15. The van der Waals surface area contributed by atoms with Gasteiger partial charge in [0.15, 0.2) is 11.2 Å². The van der Waals surface area contributed by atoms with Crippen LogP contribution < -0.4 is 21.4 Å². The molecule has 0 aliphatic rings. The summed E-state index contributed by atoms with van der Waals surface area (Å²) >= 11 is 0. The number of nitro benzene ring substituents is 1. The van der Waals surface area contributed by atoms with Gasteiger partial charge in [0.1, 0.15) is 18.5 Å². The van der Waals surface area contributed by atoms with E-state index < -0.39 is 22.3 Å². The molecule has 0 aliphatic heterocycles. The van der Waals surface area contributed by atoms with Gasteiger partial charge in [-0.05, 0) is 36.8 Å². The van der Waals surface area contributed by atoms with Crippen molar-refractivity contribution in [1.29, 1.82) is 0 Å². The number of nitrogens with zero attached hydrogens (tertiary/aromatic N) is 5. The molecule has 2 heterocycles. The highest BCUT2D eigenvalue weighted by molar-refractivity contribution is 5.99. The Morgan fingerprint density at radius 1 is 1.22 bits per heavy atom. The molecule has 1 unspecified atom stereocenters. The van der Waals surface area contributed by atoms with Gasteiger partial charge in [0.05, 0.1) is 17.2 Å². The van der Waals surface area contributed by atoms with E-state index in [1.54, 1.807) is 43.3 Å². The normalized spacial score (nSPS) is 12.5. The molecule has 2 aromatic heterocycles. The molecular formula is C23H23N7O6. The molecule has 0 spiro atoms. The number of aliphatic hydroxyl groups excluding tert-OH is 1. The number of nitro groups is 1. The Kier molecular flexibility index (Phi) is 6.92. The van der Waals surface area contributed by atoms with Gasteiger partial charge in [0.25, 0.3) is 11.2 Å². The minimum Gasteiger partial charge on any atom is -0.491 e. The van der Waals surface area contributed by atoms with Gasteiger partial charge in [0.2, 0.25) is 5.95 Å². The monoisotopic (exact) mass is 493 g/mol. The highest BCUT2D eigenvalue weighted by Gasteiger charge is 2.20. The number of fused-ring (bicyclic) bond motifs is 1. The molecule has 0 saturated heterocycles.